The maximum absolute atomic E-state index is 12.2. The summed E-state index contributed by atoms with van der Waals surface area (Å²) >= 11 is 5.78. The van der Waals surface area contributed by atoms with Crippen LogP contribution in [0, 0.1) is 5.41 Å². The lowest BCUT2D eigenvalue weighted by atomic mass is 9.87. The van der Waals surface area contributed by atoms with E-state index >= 15 is 0 Å². The molecule has 94 valence electrons. The molecule has 1 heterocycles. The van der Waals surface area contributed by atoms with Crippen molar-refractivity contribution in [2.45, 2.75) is 33.7 Å². The van der Waals surface area contributed by atoms with E-state index in [1.807, 2.05) is 6.92 Å². The second-order valence-electron chi connectivity index (χ2n) is 5.30. The highest BCUT2D eigenvalue weighted by Gasteiger charge is 2.28. The summed E-state index contributed by atoms with van der Waals surface area (Å²) in [6, 6.07) is 5.19. The minimum Gasteiger partial charge on any atom is -0.337 e. The van der Waals surface area contributed by atoms with Crippen LogP contribution in [0.4, 0.5) is 0 Å². The number of pyridine rings is 1. The van der Waals surface area contributed by atoms with Gasteiger partial charge in [-0.3, -0.25) is 4.79 Å². The van der Waals surface area contributed by atoms with Crippen molar-refractivity contribution in [1.82, 2.24) is 9.88 Å². The zero-order chi connectivity index (χ0) is 13.2. The molecule has 1 atom stereocenters. The Morgan fingerprint density at radius 1 is 1.41 bits per heavy atom. The van der Waals surface area contributed by atoms with Crippen molar-refractivity contribution in [1.29, 1.82) is 0 Å². The fourth-order valence-corrected chi connectivity index (χ4v) is 1.63. The first kappa shape index (κ1) is 14.0. The maximum atomic E-state index is 12.2. The van der Waals surface area contributed by atoms with Gasteiger partial charge in [0.25, 0.3) is 5.91 Å². The van der Waals surface area contributed by atoms with Crippen LogP contribution in [0.5, 0.6) is 0 Å². The fourth-order valence-electron chi connectivity index (χ4n) is 1.46. The molecule has 0 N–H and O–H groups in total. The van der Waals surface area contributed by atoms with E-state index in [4.69, 9.17) is 11.6 Å². The van der Waals surface area contributed by atoms with Gasteiger partial charge in [0.15, 0.2) is 0 Å². The predicted octanol–water partition coefficient (Wildman–Crippen LogP) is 3.24. The molecule has 1 aromatic heterocycles. The van der Waals surface area contributed by atoms with E-state index in [9.17, 15) is 4.79 Å². The molecule has 1 rings (SSSR count). The van der Waals surface area contributed by atoms with Gasteiger partial charge in [-0.15, -0.1) is 0 Å². The van der Waals surface area contributed by atoms with Gasteiger partial charge in [0.2, 0.25) is 0 Å². The molecule has 0 saturated carbocycles. The first-order valence-corrected chi connectivity index (χ1v) is 6.01. The summed E-state index contributed by atoms with van der Waals surface area (Å²) in [6.07, 6.45) is 0. The van der Waals surface area contributed by atoms with Crippen LogP contribution in [-0.2, 0) is 0 Å². The zero-order valence-electron chi connectivity index (χ0n) is 11.0. The first-order valence-electron chi connectivity index (χ1n) is 5.63. The average Bonchev–Trinajstić information content (AvgIpc) is 2.25. The minimum atomic E-state index is -0.102. The highest BCUT2D eigenvalue weighted by molar-refractivity contribution is 6.29. The molecule has 0 aliphatic heterocycles. The molecule has 0 bridgehead atoms. The van der Waals surface area contributed by atoms with E-state index in [0.29, 0.717) is 10.8 Å². The Hall–Kier alpha value is -1.09. The highest BCUT2D eigenvalue weighted by atomic mass is 35.5. The van der Waals surface area contributed by atoms with E-state index < -0.39 is 0 Å². The Kier molecular flexibility index (Phi) is 4.15. The molecular weight excluding hydrogens is 236 g/mol. The lowest BCUT2D eigenvalue weighted by Gasteiger charge is -2.35. The molecule has 0 aromatic carbocycles. The summed E-state index contributed by atoms with van der Waals surface area (Å²) in [6.45, 7) is 8.34. The summed E-state index contributed by atoms with van der Waals surface area (Å²) in [4.78, 5) is 17.9. The molecule has 4 heteroatoms. The zero-order valence-corrected chi connectivity index (χ0v) is 11.7. The molecule has 1 unspecified atom stereocenters. The van der Waals surface area contributed by atoms with E-state index in [1.165, 1.54) is 0 Å². The molecule has 1 amide bonds. The van der Waals surface area contributed by atoms with Gasteiger partial charge in [0.1, 0.15) is 10.8 Å². The van der Waals surface area contributed by atoms with E-state index in [0.717, 1.165) is 0 Å². The van der Waals surface area contributed by atoms with Crippen LogP contribution < -0.4 is 0 Å². The second kappa shape index (κ2) is 5.05. The van der Waals surface area contributed by atoms with Crippen molar-refractivity contribution in [3.8, 4) is 0 Å². The SMILES string of the molecule is CC(N(C)C(=O)c1cccc(Cl)n1)C(C)(C)C. The van der Waals surface area contributed by atoms with Crippen molar-refractivity contribution in [2.24, 2.45) is 5.41 Å². The van der Waals surface area contributed by atoms with Crippen LogP contribution in [0.15, 0.2) is 18.2 Å². The van der Waals surface area contributed by atoms with Crippen LogP contribution in [0.25, 0.3) is 0 Å². The molecule has 0 aliphatic rings. The lowest BCUT2D eigenvalue weighted by Crippen LogP contribution is -2.43. The van der Waals surface area contributed by atoms with Crippen molar-refractivity contribution in [3.05, 3.63) is 29.0 Å². The molecule has 0 aliphatic carbocycles. The molecule has 17 heavy (non-hydrogen) atoms. The minimum absolute atomic E-state index is 0.0307. The van der Waals surface area contributed by atoms with Crippen LogP contribution >= 0.6 is 11.6 Å². The molecule has 0 spiro atoms. The van der Waals surface area contributed by atoms with Gasteiger partial charge in [-0.1, -0.05) is 38.4 Å². The predicted molar refractivity (Wildman–Crippen MR) is 70.3 cm³/mol. The number of halogens is 1. The van der Waals surface area contributed by atoms with Gasteiger partial charge in [-0.25, -0.2) is 4.98 Å². The summed E-state index contributed by atoms with van der Waals surface area (Å²) in [7, 11) is 1.79. The standard InChI is InChI=1S/C13H19ClN2O/c1-9(13(2,3)4)16(5)12(17)10-7-6-8-11(14)15-10/h6-9H,1-5H3. The average molecular weight is 255 g/mol. The first-order chi connectivity index (χ1) is 7.73. The monoisotopic (exact) mass is 254 g/mol. The van der Waals surface area contributed by atoms with Crippen LogP contribution in [-0.4, -0.2) is 28.9 Å². The maximum Gasteiger partial charge on any atom is 0.272 e. The Morgan fingerprint density at radius 3 is 2.47 bits per heavy atom. The van der Waals surface area contributed by atoms with E-state index in [-0.39, 0.29) is 17.4 Å². The van der Waals surface area contributed by atoms with Gasteiger partial charge < -0.3 is 4.90 Å². The van der Waals surface area contributed by atoms with Crippen molar-refractivity contribution in [3.63, 3.8) is 0 Å². The third-order valence-electron chi connectivity index (χ3n) is 3.09. The smallest absolute Gasteiger partial charge is 0.272 e. The summed E-state index contributed by atoms with van der Waals surface area (Å²) < 4.78 is 0. The summed E-state index contributed by atoms with van der Waals surface area (Å²) in [5.41, 5.74) is 0.416. The number of hydrogen-bond acceptors (Lipinski definition) is 2. The number of amides is 1. The van der Waals surface area contributed by atoms with E-state index in [2.05, 4.69) is 25.8 Å². The quantitative estimate of drug-likeness (QED) is 0.759. The van der Waals surface area contributed by atoms with Gasteiger partial charge in [0.05, 0.1) is 0 Å². The van der Waals surface area contributed by atoms with Crippen molar-refractivity contribution >= 4 is 17.5 Å². The van der Waals surface area contributed by atoms with E-state index in [1.54, 1.807) is 30.1 Å². The molecule has 0 fully saturated rings. The number of hydrogen-bond donors (Lipinski definition) is 0. The fraction of sp³-hybridized carbons (Fsp3) is 0.538. The number of nitrogens with zero attached hydrogens (tertiary/aromatic N) is 2. The van der Waals surface area contributed by atoms with Gasteiger partial charge in [0, 0.05) is 13.1 Å². The van der Waals surface area contributed by atoms with Gasteiger partial charge >= 0.3 is 0 Å². The summed E-state index contributed by atoms with van der Waals surface area (Å²) in [5.74, 6) is -0.102. The molecule has 3 nitrogen and oxygen atoms in total. The van der Waals surface area contributed by atoms with Crippen molar-refractivity contribution in [2.75, 3.05) is 7.05 Å². The largest absolute Gasteiger partial charge is 0.337 e. The van der Waals surface area contributed by atoms with Crippen LogP contribution in [0.3, 0.4) is 0 Å². The number of carbonyl (C=O) groups is 1. The lowest BCUT2D eigenvalue weighted by molar-refractivity contribution is 0.0623. The van der Waals surface area contributed by atoms with Crippen molar-refractivity contribution < 1.29 is 4.79 Å². The Balaban J connectivity index is 2.91. The third-order valence-corrected chi connectivity index (χ3v) is 3.30. The Labute approximate surface area is 108 Å². The molecule has 0 saturated heterocycles. The number of rotatable bonds is 2. The summed E-state index contributed by atoms with van der Waals surface area (Å²) in [5, 5.41) is 0.340. The van der Waals surface area contributed by atoms with Gasteiger partial charge in [-0.05, 0) is 24.5 Å². The van der Waals surface area contributed by atoms with Crippen LogP contribution in [0.2, 0.25) is 5.15 Å². The topological polar surface area (TPSA) is 33.2 Å². The number of aromatic nitrogens is 1. The number of carbonyl (C=O) groups excluding carboxylic acids is 1. The molecule has 0 radical (unpaired) electrons. The normalized spacial score (nSPS) is 13.3. The second-order valence-corrected chi connectivity index (χ2v) is 5.69. The van der Waals surface area contributed by atoms with Crippen LogP contribution in [0.1, 0.15) is 38.2 Å². The Bertz CT molecular complexity index is 412. The van der Waals surface area contributed by atoms with Gasteiger partial charge in [-0.2, -0.15) is 0 Å². The molecular formula is C13H19ClN2O. The molecule has 1 aromatic rings. The highest BCUT2D eigenvalue weighted by Crippen LogP contribution is 2.24. The third kappa shape index (κ3) is 3.43. The Morgan fingerprint density at radius 2 is 2.00 bits per heavy atom.